The van der Waals surface area contributed by atoms with Crippen LogP contribution in [0.15, 0.2) is 41.1 Å². The lowest BCUT2D eigenvalue weighted by molar-refractivity contribution is -0.121. The van der Waals surface area contributed by atoms with E-state index in [2.05, 4.69) is 20.4 Å². The summed E-state index contributed by atoms with van der Waals surface area (Å²) in [4.78, 5) is 24.0. The van der Waals surface area contributed by atoms with Crippen LogP contribution in [0, 0.1) is 12.7 Å². The highest BCUT2D eigenvalue weighted by molar-refractivity contribution is 5.79. The summed E-state index contributed by atoms with van der Waals surface area (Å²) >= 11 is 0. The number of nitrogens with zero attached hydrogens (tertiary/aromatic N) is 4. The van der Waals surface area contributed by atoms with Crippen LogP contribution in [-0.4, -0.2) is 40.2 Å². The summed E-state index contributed by atoms with van der Waals surface area (Å²) in [5.41, 5.74) is 3.22. The van der Waals surface area contributed by atoms with E-state index >= 15 is 0 Å². The van der Waals surface area contributed by atoms with Gasteiger partial charge in [0.2, 0.25) is 11.9 Å². The summed E-state index contributed by atoms with van der Waals surface area (Å²) in [6.07, 6.45) is 5.77. The molecule has 3 aromatic rings. The fraction of sp³-hybridized carbons (Fsp3) is 0.417. The molecule has 2 aromatic heterocycles. The van der Waals surface area contributed by atoms with Gasteiger partial charge in [0.15, 0.2) is 5.76 Å². The number of carbonyl (C=O) groups excluding carboxylic acids is 1. The first-order valence-electron chi connectivity index (χ1n) is 11.1. The van der Waals surface area contributed by atoms with Crippen LogP contribution in [0.4, 0.5) is 10.3 Å². The van der Waals surface area contributed by atoms with E-state index in [9.17, 15) is 9.18 Å². The number of piperidine rings is 1. The average molecular weight is 436 g/mol. The van der Waals surface area contributed by atoms with Gasteiger partial charge in [-0.3, -0.25) is 4.79 Å². The zero-order valence-electron chi connectivity index (χ0n) is 18.1. The van der Waals surface area contributed by atoms with E-state index in [1.165, 1.54) is 6.07 Å². The summed E-state index contributed by atoms with van der Waals surface area (Å²) in [7, 11) is 0. The van der Waals surface area contributed by atoms with Gasteiger partial charge in [-0.2, -0.15) is 0 Å². The number of hydrogen-bond acceptors (Lipinski definition) is 6. The summed E-state index contributed by atoms with van der Waals surface area (Å²) < 4.78 is 19.2. The topological polar surface area (TPSA) is 84.2 Å². The van der Waals surface area contributed by atoms with Gasteiger partial charge in [0.05, 0.1) is 23.4 Å². The predicted octanol–water partition coefficient (Wildman–Crippen LogP) is 3.78. The van der Waals surface area contributed by atoms with Crippen molar-refractivity contribution in [1.29, 1.82) is 0 Å². The number of rotatable bonds is 6. The zero-order valence-corrected chi connectivity index (χ0v) is 18.1. The first-order valence-corrected chi connectivity index (χ1v) is 11.1. The first-order chi connectivity index (χ1) is 15.6. The number of carbonyl (C=O) groups is 1. The Morgan fingerprint density at radius 1 is 1.22 bits per heavy atom. The Labute approximate surface area is 186 Å². The van der Waals surface area contributed by atoms with Gasteiger partial charge in [0.25, 0.3) is 0 Å². The lowest BCUT2D eigenvalue weighted by Crippen LogP contribution is -2.45. The number of benzene rings is 1. The monoisotopic (exact) mass is 435 g/mol. The van der Waals surface area contributed by atoms with E-state index in [0.29, 0.717) is 17.2 Å². The molecule has 1 aliphatic heterocycles. The van der Waals surface area contributed by atoms with Crippen molar-refractivity contribution in [3.63, 3.8) is 0 Å². The number of amides is 1. The van der Waals surface area contributed by atoms with E-state index in [-0.39, 0.29) is 24.2 Å². The van der Waals surface area contributed by atoms with Gasteiger partial charge >= 0.3 is 0 Å². The molecule has 166 valence electrons. The Kier molecular flexibility index (Phi) is 5.59. The Hall–Kier alpha value is -3.29. The van der Waals surface area contributed by atoms with Crippen LogP contribution >= 0.6 is 0 Å². The molecular weight excluding hydrogens is 409 g/mol. The molecule has 3 heterocycles. The second-order valence-corrected chi connectivity index (χ2v) is 8.67. The molecule has 7 nitrogen and oxygen atoms in total. The Morgan fingerprint density at radius 2 is 2.00 bits per heavy atom. The molecule has 1 saturated carbocycles. The second-order valence-electron chi connectivity index (χ2n) is 8.67. The molecule has 8 heteroatoms. The normalized spacial score (nSPS) is 16.9. The summed E-state index contributed by atoms with van der Waals surface area (Å²) in [5, 5.41) is 7.04. The largest absolute Gasteiger partial charge is 0.356 e. The minimum atomic E-state index is -0.343. The Balaban J connectivity index is 1.21. The quantitative estimate of drug-likeness (QED) is 0.634. The molecule has 0 atom stereocenters. The van der Waals surface area contributed by atoms with Gasteiger partial charge in [-0.15, -0.1) is 0 Å². The van der Waals surface area contributed by atoms with E-state index < -0.39 is 0 Å². The maximum absolute atomic E-state index is 13.8. The number of aryl methyl sites for hydroxylation is 1. The number of anilines is 1. The van der Waals surface area contributed by atoms with Gasteiger partial charge in [0.1, 0.15) is 5.82 Å². The number of halogens is 1. The van der Waals surface area contributed by atoms with Crippen LogP contribution < -0.4 is 10.2 Å². The van der Waals surface area contributed by atoms with Crippen molar-refractivity contribution in [2.45, 2.75) is 51.0 Å². The van der Waals surface area contributed by atoms with E-state index in [0.717, 1.165) is 61.7 Å². The van der Waals surface area contributed by atoms with Crippen LogP contribution in [0.1, 0.15) is 48.6 Å². The van der Waals surface area contributed by atoms with E-state index in [4.69, 9.17) is 9.51 Å². The third-order valence-corrected chi connectivity index (χ3v) is 6.11. The minimum absolute atomic E-state index is 0.0588. The summed E-state index contributed by atoms with van der Waals surface area (Å²) in [6, 6.07) is 8.39. The third kappa shape index (κ3) is 4.49. The molecule has 1 aromatic carbocycles. The van der Waals surface area contributed by atoms with Crippen molar-refractivity contribution in [2.24, 2.45) is 0 Å². The number of hydrogen-bond donors (Lipinski definition) is 1. The fourth-order valence-electron chi connectivity index (χ4n) is 4.20. The molecule has 1 N–H and O–H groups in total. The lowest BCUT2D eigenvalue weighted by atomic mass is 10.0. The van der Waals surface area contributed by atoms with E-state index in [1.807, 2.05) is 19.2 Å². The van der Waals surface area contributed by atoms with Crippen molar-refractivity contribution in [2.75, 3.05) is 18.0 Å². The van der Waals surface area contributed by atoms with Gasteiger partial charge in [-0.25, -0.2) is 14.4 Å². The van der Waals surface area contributed by atoms with Crippen molar-refractivity contribution in [1.82, 2.24) is 20.4 Å². The molecule has 1 saturated heterocycles. The van der Waals surface area contributed by atoms with Crippen LogP contribution in [0.25, 0.3) is 11.3 Å². The summed E-state index contributed by atoms with van der Waals surface area (Å²) in [6.45, 7) is 3.42. The SMILES string of the molecule is Cc1cc(-c2cnc(N3CCC(NC(=O)Cc4ccccc4F)CC3)nc2C2CC2)on1. The minimum Gasteiger partial charge on any atom is -0.356 e. The smallest absolute Gasteiger partial charge is 0.225 e. The predicted molar refractivity (Wildman–Crippen MR) is 118 cm³/mol. The average Bonchev–Trinajstić information content (AvgIpc) is 3.56. The molecule has 0 unspecified atom stereocenters. The van der Waals surface area contributed by atoms with Crippen LogP contribution in [0.2, 0.25) is 0 Å². The highest BCUT2D eigenvalue weighted by Gasteiger charge is 2.31. The van der Waals surface area contributed by atoms with Gasteiger partial charge < -0.3 is 14.7 Å². The van der Waals surface area contributed by atoms with Gasteiger partial charge in [0, 0.05) is 37.3 Å². The van der Waals surface area contributed by atoms with E-state index in [1.54, 1.807) is 18.2 Å². The highest BCUT2D eigenvalue weighted by atomic mass is 19.1. The molecule has 5 rings (SSSR count). The molecule has 2 aliphatic rings. The molecule has 0 bridgehead atoms. The van der Waals surface area contributed by atoms with Crippen LogP contribution in [0.5, 0.6) is 0 Å². The van der Waals surface area contributed by atoms with Crippen LogP contribution in [0.3, 0.4) is 0 Å². The maximum atomic E-state index is 13.8. The highest BCUT2D eigenvalue weighted by Crippen LogP contribution is 2.43. The van der Waals surface area contributed by atoms with Crippen molar-refractivity contribution >= 4 is 11.9 Å². The lowest BCUT2D eigenvalue weighted by Gasteiger charge is -2.32. The van der Waals surface area contributed by atoms with Crippen molar-refractivity contribution in [3.8, 4) is 11.3 Å². The molecule has 0 radical (unpaired) electrons. The van der Waals surface area contributed by atoms with Gasteiger partial charge in [-0.05, 0) is 44.2 Å². The molecular formula is C24H26FN5O2. The Bertz CT molecular complexity index is 1120. The number of nitrogens with one attached hydrogen (secondary N) is 1. The third-order valence-electron chi connectivity index (χ3n) is 6.11. The molecule has 1 aliphatic carbocycles. The standard InChI is InChI=1S/C24H26FN5O2/c1-15-12-21(32-29-15)19-14-26-24(28-23(19)16-6-7-16)30-10-8-18(9-11-30)27-22(31)13-17-4-2-3-5-20(17)25/h2-5,12,14,16,18H,6-11,13H2,1H3,(H,27,31). The van der Waals surface area contributed by atoms with Crippen LogP contribution in [-0.2, 0) is 11.2 Å². The van der Waals surface area contributed by atoms with Crippen molar-refractivity contribution in [3.05, 3.63) is 59.3 Å². The maximum Gasteiger partial charge on any atom is 0.225 e. The Morgan fingerprint density at radius 3 is 2.69 bits per heavy atom. The first kappa shape index (κ1) is 20.6. The molecule has 32 heavy (non-hydrogen) atoms. The number of aromatic nitrogens is 3. The molecule has 0 spiro atoms. The zero-order chi connectivity index (χ0) is 22.1. The molecule has 2 fully saturated rings. The van der Waals surface area contributed by atoms with Crippen molar-refractivity contribution < 1.29 is 13.7 Å². The fourth-order valence-corrected chi connectivity index (χ4v) is 4.20. The second kappa shape index (κ2) is 8.68. The summed E-state index contributed by atoms with van der Waals surface area (Å²) in [5.74, 6) is 1.40. The van der Waals surface area contributed by atoms with Gasteiger partial charge in [-0.1, -0.05) is 23.4 Å². The molecule has 1 amide bonds.